The van der Waals surface area contributed by atoms with Gasteiger partial charge >= 0.3 is 0 Å². The molecule has 0 fully saturated rings. The standard InChI is InChI=1S/C20H18N8O2/c29-18(14-28-25-19(23-26-28)16-9-5-2-6-10-16)22-24-20(30)17-11-21-27(13-17)12-15-7-3-1-4-8-15/h1-11,13H,12,14H2,(H,22,29)(H,24,30). The highest BCUT2D eigenvalue weighted by Gasteiger charge is 2.12. The molecule has 10 nitrogen and oxygen atoms in total. The van der Waals surface area contributed by atoms with Crippen LogP contribution in [0.2, 0.25) is 0 Å². The summed E-state index contributed by atoms with van der Waals surface area (Å²) in [4.78, 5) is 25.4. The number of benzene rings is 2. The number of carbonyl (C=O) groups is 2. The molecule has 2 N–H and O–H groups in total. The van der Waals surface area contributed by atoms with Crippen LogP contribution in [0.25, 0.3) is 11.4 Å². The summed E-state index contributed by atoms with van der Waals surface area (Å²) >= 11 is 0. The number of aromatic nitrogens is 6. The first kappa shape index (κ1) is 19.0. The number of nitrogens with one attached hydrogen (secondary N) is 2. The predicted molar refractivity (Wildman–Crippen MR) is 107 cm³/mol. The minimum Gasteiger partial charge on any atom is -0.271 e. The molecule has 0 saturated carbocycles. The average Bonchev–Trinajstić information content (AvgIpc) is 3.43. The van der Waals surface area contributed by atoms with Gasteiger partial charge in [0.1, 0.15) is 6.54 Å². The van der Waals surface area contributed by atoms with Gasteiger partial charge in [-0.2, -0.15) is 9.90 Å². The summed E-state index contributed by atoms with van der Waals surface area (Å²) in [6.45, 7) is 0.357. The van der Waals surface area contributed by atoms with Crippen LogP contribution in [0.1, 0.15) is 15.9 Å². The second-order valence-corrected chi connectivity index (χ2v) is 6.42. The number of hydrogen-bond donors (Lipinski definition) is 2. The van der Waals surface area contributed by atoms with Crippen LogP contribution in [0.15, 0.2) is 73.1 Å². The zero-order chi connectivity index (χ0) is 20.8. The molecule has 30 heavy (non-hydrogen) atoms. The molecule has 0 spiro atoms. The molecule has 0 unspecified atom stereocenters. The highest BCUT2D eigenvalue weighted by molar-refractivity contribution is 5.94. The van der Waals surface area contributed by atoms with Crippen LogP contribution in [-0.4, -0.2) is 41.8 Å². The lowest BCUT2D eigenvalue weighted by atomic mass is 10.2. The van der Waals surface area contributed by atoms with E-state index in [1.165, 1.54) is 6.20 Å². The lowest BCUT2D eigenvalue weighted by molar-refractivity contribution is -0.122. The third kappa shape index (κ3) is 4.73. The van der Waals surface area contributed by atoms with E-state index in [-0.39, 0.29) is 6.54 Å². The molecule has 0 saturated heterocycles. The molecule has 0 radical (unpaired) electrons. The Hall–Kier alpha value is -4.34. The van der Waals surface area contributed by atoms with Crippen LogP contribution in [0.3, 0.4) is 0 Å². The summed E-state index contributed by atoms with van der Waals surface area (Å²) in [6.07, 6.45) is 3.05. The highest BCUT2D eigenvalue weighted by atomic mass is 16.2. The normalized spacial score (nSPS) is 10.5. The smallest absolute Gasteiger partial charge is 0.271 e. The Morgan fingerprint density at radius 3 is 2.43 bits per heavy atom. The van der Waals surface area contributed by atoms with Crippen molar-refractivity contribution in [3.8, 4) is 11.4 Å². The Morgan fingerprint density at radius 1 is 0.933 bits per heavy atom. The van der Waals surface area contributed by atoms with Crippen LogP contribution >= 0.6 is 0 Å². The van der Waals surface area contributed by atoms with Crippen LogP contribution in [0.5, 0.6) is 0 Å². The largest absolute Gasteiger partial charge is 0.272 e. The zero-order valence-corrected chi connectivity index (χ0v) is 15.8. The van der Waals surface area contributed by atoms with Crippen molar-refractivity contribution in [1.82, 2.24) is 40.8 Å². The summed E-state index contributed by atoms with van der Waals surface area (Å²) < 4.78 is 1.65. The van der Waals surface area contributed by atoms with Gasteiger partial charge < -0.3 is 0 Å². The van der Waals surface area contributed by atoms with E-state index in [1.54, 1.807) is 10.9 Å². The van der Waals surface area contributed by atoms with Crippen LogP contribution < -0.4 is 10.9 Å². The number of hydrogen-bond acceptors (Lipinski definition) is 6. The number of amides is 2. The van der Waals surface area contributed by atoms with Crippen molar-refractivity contribution in [1.29, 1.82) is 0 Å². The van der Waals surface area contributed by atoms with E-state index in [1.807, 2.05) is 60.7 Å². The Labute approximate surface area is 171 Å². The van der Waals surface area contributed by atoms with Gasteiger partial charge in [0.15, 0.2) is 0 Å². The van der Waals surface area contributed by atoms with Crippen LogP contribution in [0.4, 0.5) is 0 Å². The summed E-state index contributed by atoms with van der Waals surface area (Å²) in [5.41, 5.74) is 6.88. The molecule has 150 valence electrons. The fourth-order valence-electron chi connectivity index (χ4n) is 2.72. The molecule has 10 heteroatoms. The molecular formula is C20H18N8O2. The van der Waals surface area contributed by atoms with E-state index >= 15 is 0 Å². The molecular weight excluding hydrogens is 384 g/mol. The molecule has 0 bridgehead atoms. The first-order valence-corrected chi connectivity index (χ1v) is 9.16. The molecule has 4 rings (SSSR count). The number of carbonyl (C=O) groups excluding carboxylic acids is 2. The van der Waals surface area contributed by atoms with Gasteiger partial charge in [0.05, 0.1) is 18.3 Å². The van der Waals surface area contributed by atoms with E-state index in [2.05, 4.69) is 31.4 Å². The van der Waals surface area contributed by atoms with Crippen molar-refractivity contribution in [2.45, 2.75) is 13.1 Å². The molecule has 0 aliphatic rings. The zero-order valence-electron chi connectivity index (χ0n) is 15.8. The van der Waals surface area contributed by atoms with Crippen molar-refractivity contribution in [3.63, 3.8) is 0 Å². The maximum Gasteiger partial charge on any atom is 0.272 e. The fourth-order valence-corrected chi connectivity index (χ4v) is 2.72. The molecule has 2 heterocycles. The Morgan fingerprint density at radius 2 is 1.67 bits per heavy atom. The minimum absolute atomic E-state index is 0.187. The van der Waals surface area contributed by atoms with E-state index in [4.69, 9.17) is 0 Å². The van der Waals surface area contributed by atoms with Crippen molar-refractivity contribution >= 4 is 11.8 Å². The SMILES string of the molecule is O=C(Cn1nnc(-c2ccccc2)n1)NNC(=O)c1cnn(Cc2ccccc2)c1. The van der Waals surface area contributed by atoms with Gasteiger partial charge in [-0.05, 0) is 10.8 Å². The first-order valence-electron chi connectivity index (χ1n) is 9.16. The van der Waals surface area contributed by atoms with Crippen molar-refractivity contribution in [3.05, 3.63) is 84.2 Å². The second-order valence-electron chi connectivity index (χ2n) is 6.42. The number of rotatable bonds is 6. The Balaban J connectivity index is 1.28. The number of hydrazine groups is 1. The first-order chi connectivity index (χ1) is 14.7. The summed E-state index contributed by atoms with van der Waals surface area (Å²) in [6, 6.07) is 19.1. The van der Waals surface area contributed by atoms with E-state index in [9.17, 15) is 9.59 Å². The molecule has 0 aliphatic carbocycles. The van der Waals surface area contributed by atoms with Crippen LogP contribution in [-0.2, 0) is 17.9 Å². The van der Waals surface area contributed by atoms with Gasteiger partial charge in [-0.25, -0.2) is 0 Å². The third-order valence-electron chi connectivity index (χ3n) is 4.17. The monoisotopic (exact) mass is 402 g/mol. The van der Waals surface area contributed by atoms with E-state index in [0.717, 1.165) is 15.9 Å². The van der Waals surface area contributed by atoms with Crippen molar-refractivity contribution < 1.29 is 9.59 Å². The summed E-state index contributed by atoms with van der Waals surface area (Å²) in [7, 11) is 0. The van der Waals surface area contributed by atoms with E-state index < -0.39 is 11.8 Å². The average molecular weight is 402 g/mol. The minimum atomic E-state index is -0.489. The highest BCUT2D eigenvalue weighted by Crippen LogP contribution is 2.11. The van der Waals surface area contributed by atoms with Crippen LogP contribution in [0, 0.1) is 0 Å². The predicted octanol–water partition coefficient (Wildman–Crippen LogP) is 1.05. The summed E-state index contributed by atoms with van der Waals surface area (Å²) in [5.74, 6) is -0.547. The van der Waals surface area contributed by atoms with Gasteiger partial charge in [-0.15, -0.1) is 10.2 Å². The molecule has 0 aliphatic heterocycles. The second kappa shape index (κ2) is 8.78. The lowest BCUT2D eigenvalue weighted by Crippen LogP contribution is -2.43. The van der Waals surface area contributed by atoms with Crippen molar-refractivity contribution in [2.75, 3.05) is 0 Å². The lowest BCUT2D eigenvalue weighted by Gasteiger charge is -2.05. The fraction of sp³-hybridized carbons (Fsp3) is 0.100. The molecule has 2 amide bonds. The Bertz CT molecular complexity index is 1140. The van der Waals surface area contributed by atoms with Gasteiger partial charge in [0.2, 0.25) is 5.82 Å². The van der Waals surface area contributed by atoms with Gasteiger partial charge in [-0.1, -0.05) is 60.7 Å². The maximum atomic E-state index is 12.2. The van der Waals surface area contributed by atoms with Crippen molar-refractivity contribution in [2.24, 2.45) is 0 Å². The van der Waals surface area contributed by atoms with Gasteiger partial charge in [0.25, 0.3) is 11.8 Å². The summed E-state index contributed by atoms with van der Waals surface area (Å²) in [5, 5.41) is 16.1. The molecule has 0 atom stereocenters. The van der Waals surface area contributed by atoms with Gasteiger partial charge in [0, 0.05) is 11.8 Å². The Kier molecular flexibility index (Phi) is 5.56. The molecule has 2 aromatic carbocycles. The quantitative estimate of drug-likeness (QED) is 0.465. The number of tetrazole rings is 1. The van der Waals surface area contributed by atoms with Gasteiger partial charge in [-0.3, -0.25) is 25.1 Å². The van der Waals surface area contributed by atoms with E-state index in [0.29, 0.717) is 17.9 Å². The number of nitrogens with zero attached hydrogens (tertiary/aromatic N) is 6. The maximum absolute atomic E-state index is 12.2. The molecule has 2 aromatic heterocycles. The molecule has 4 aromatic rings. The topological polar surface area (TPSA) is 120 Å². The third-order valence-corrected chi connectivity index (χ3v) is 4.17.